The van der Waals surface area contributed by atoms with E-state index in [1.807, 2.05) is 36.4 Å². The number of hydrogen-bond donors (Lipinski definition) is 0. The van der Waals surface area contributed by atoms with E-state index in [4.69, 9.17) is 9.47 Å². The number of hydrogen-bond acceptors (Lipinski definition) is 3. The molecule has 0 bridgehead atoms. The van der Waals surface area contributed by atoms with Crippen molar-refractivity contribution in [3.63, 3.8) is 0 Å². The van der Waals surface area contributed by atoms with Crippen molar-refractivity contribution < 1.29 is 14.3 Å². The molecule has 0 saturated carbocycles. The Balaban J connectivity index is 1.93. The van der Waals surface area contributed by atoms with E-state index in [9.17, 15) is 4.79 Å². The molecular formula is C19H18O3. The van der Waals surface area contributed by atoms with E-state index < -0.39 is 5.79 Å². The van der Waals surface area contributed by atoms with Crippen LogP contribution in [0.1, 0.15) is 39.4 Å². The van der Waals surface area contributed by atoms with E-state index in [0.29, 0.717) is 19.6 Å². The minimum Gasteiger partial charge on any atom is -0.343 e. The van der Waals surface area contributed by atoms with Gasteiger partial charge in [-0.2, -0.15) is 0 Å². The lowest BCUT2D eigenvalue weighted by atomic mass is 9.73. The summed E-state index contributed by atoms with van der Waals surface area (Å²) in [5.74, 6) is -0.761. The molecule has 2 aromatic rings. The Bertz CT molecular complexity index is 729. The van der Waals surface area contributed by atoms with Crippen LogP contribution in [-0.4, -0.2) is 19.0 Å². The molecule has 1 atom stereocenters. The molecule has 1 aliphatic heterocycles. The lowest BCUT2D eigenvalue weighted by Gasteiger charge is -2.40. The molecule has 1 saturated heterocycles. The monoisotopic (exact) mass is 294 g/mol. The lowest BCUT2D eigenvalue weighted by molar-refractivity contribution is -0.186. The topological polar surface area (TPSA) is 35.5 Å². The number of aryl methyl sites for hydroxylation is 1. The van der Waals surface area contributed by atoms with Crippen molar-refractivity contribution in [3.8, 4) is 0 Å². The van der Waals surface area contributed by atoms with Gasteiger partial charge in [0.15, 0.2) is 5.78 Å². The maximum atomic E-state index is 12.6. The van der Waals surface area contributed by atoms with E-state index in [1.54, 1.807) is 0 Å². The van der Waals surface area contributed by atoms with Gasteiger partial charge in [0.25, 0.3) is 0 Å². The zero-order valence-electron chi connectivity index (χ0n) is 12.5. The van der Waals surface area contributed by atoms with Gasteiger partial charge in [0.2, 0.25) is 5.79 Å². The highest BCUT2D eigenvalue weighted by Gasteiger charge is 2.52. The Kier molecular flexibility index (Phi) is 3.13. The van der Waals surface area contributed by atoms with Gasteiger partial charge < -0.3 is 9.47 Å². The molecule has 22 heavy (non-hydrogen) atoms. The number of ketones is 1. The van der Waals surface area contributed by atoms with Crippen LogP contribution in [0.15, 0.2) is 48.5 Å². The number of fused-ring (bicyclic) bond motifs is 2. The Labute approximate surface area is 129 Å². The Morgan fingerprint density at radius 2 is 1.68 bits per heavy atom. The van der Waals surface area contributed by atoms with Gasteiger partial charge in [0, 0.05) is 17.5 Å². The fourth-order valence-corrected chi connectivity index (χ4v) is 3.72. The predicted molar refractivity (Wildman–Crippen MR) is 82.9 cm³/mol. The number of ether oxygens (including phenoxy) is 2. The van der Waals surface area contributed by atoms with Gasteiger partial charge in [-0.15, -0.1) is 0 Å². The second kappa shape index (κ2) is 5.04. The molecule has 0 unspecified atom stereocenters. The molecule has 0 aromatic heterocycles. The maximum Gasteiger partial charge on any atom is 0.203 e. The molecule has 0 N–H and O–H groups in total. The molecule has 3 nitrogen and oxygen atoms in total. The quantitative estimate of drug-likeness (QED) is 0.806. The van der Waals surface area contributed by atoms with Crippen LogP contribution in [0.25, 0.3) is 0 Å². The number of carbonyl (C=O) groups is 1. The van der Waals surface area contributed by atoms with Gasteiger partial charge in [-0.1, -0.05) is 48.5 Å². The first kappa shape index (κ1) is 13.7. The number of Topliss-reactive ketones (excluding diaryl/α,β-unsaturated/α-hetero) is 1. The number of rotatable bonds is 1. The van der Waals surface area contributed by atoms with Crippen LogP contribution in [0.5, 0.6) is 0 Å². The molecule has 112 valence electrons. The average Bonchev–Trinajstić information content (AvgIpc) is 3.03. The summed E-state index contributed by atoms with van der Waals surface area (Å²) in [6.07, 6.45) is 0.419. The molecule has 1 spiro atoms. The first-order chi connectivity index (χ1) is 10.7. The fourth-order valence-electron chi connectivity index (χ4n) is 3.72. The van der Waals surface area contributed by atoms with Crippen molar-refractivity contribution in [1.29, 1.82) is 0 Å². The number of benzene rings is 2. The Morgan fingerprint density at radius 1 is 1.00 bits per heavy atom. The lowest BCUT2D eigenvalue weighted by Crippen LogP contribution is -2.41. The van der Waals surface area contributed by atoms with Gasteiger partial charge >= 0.3 is 0 Å². The maximum absolute atomic E-state index is 12.6. The summed E-state index contributed by atoms with van der Waals surface area (Å²) >= 11 is 0. The van der Waals surface area contributed by atoms with Crippen molar-refractivity contribution >= 4 is 5.78 Å². The third-order valence-electron chi connectivity index (χ3n) is 4.73. The van der Waals surface area contributed by atoms with Crippen LogP contribution in [-0.2, 0) is 15.3 Å². The van der Waals surface area contributed by atoms with Crippen LogP contribution in [0, 0.1) is 6.92 Å². The summed E-state index contributed by atoms with van der Waals surface area (Å²) in [6, 6.07) is 15.8. The van der Waals surface area contributed by atoms with Gasteiger partial charge in [0.1, 0.15) is 0 Å². The number of carbonyl (C=O) groups excluding carboxylic acids is 1. The van der Waals surface area contributed by atoms with Gasteiger partial charge in [-0.3, -0.25) is 4.79 Å². The molecule has 1 fully saturated rings. The van der Waals surface area contributed by atoms with Crippen molar-refractivity contribution in [2.75, 3.05) is 13.2 Å². The van der Waals surface area contributed by atoms with E-state index >= 15 is 0 Å². The Morgan fingerprint density at radius 3 is 2.45 bits per heavy atom. The summed E-state index contributed by atoms with van der Waals surface area (Å²) in [5, 5.41) is 0. The molecule has 0 radical (unpaired) electrons. The predicted octanol–water partition coefficient (Wildman–Crippen LogP) is 3.56. The highest BCUT2D eigenvalue weighted by Crippen LogP contribution is 2.51. The van der Waals surface area contributed by atoms with Crippen molar-refractivity contribution in [2.24, 2.45) is 0 Å². The fraction of sp³-hybridized carbons (Fsp3) is 0.316. The van der Waals surface area contributed by atoms with E-state index in [2.05, 4.69) is 19.1 Å². The highest BCUT2D eigenvalue weighted by atomic mass is 16.7. The standard InChI is InChI=1S/C19H18O3/c1-13-6-2-3-7-14(13)17-12-18(20)15-8-4-5-9-16(15)19(17)21-10-11-22-19/h2-9,17H,10-12H2,1H3/t17-/m1/s1. The molecule has 2 aliphatic rings. The van der Waals surface area contributed by atoms with Gasteiger partial charge in [0.05, 0.1) is 19.1 Å². The van der Waals surface area contributed by atoms with E-state index in [0.717, 1.165) is 22.3 Å². The highest BCUT2D eigenvalue weighted by molar-refractivity contribution is 5.99. The van der Waals surface area contributed by atoms with Gasteiger partial charge in [-0.25, -0.2) is 0 Å². The van der Waals surface area contributed by atoms with Crippen LogP contribution in [0.3, 0.4) is 0 Å². The van der Waals surface area contributed by atoms with E-state index in [1.165, 1.54) is 0 Å². The summed E-state index contributed by atoms with van der Waals surface area (Å²) in [7, 11) is 0. The van der Waals surface area contributed by atoms with Crippen molar-refractivity contribution in [2.45, 2.75) is 25.0 Å². The molecule has 0 amide bonds. The zero-order chi connectivity index (χ0) is 15.2. The van der Waals surface area contributed by atoms with E-state index in [-0.39, 0.29) is 11.7 Å². The second-order valence-corrected chi connectivity index (χ2v) is 5.95. The first-order valence-corrected chi connectivity index (χ1v) is 7.68. The zero-order valence-corrected chi connectivity index (χ0v) is 12.5. The summed E-state index contributed by atoms with van der Waals surface area (Å²) in [5.41, 5.74) is 3.90. The second-order valence-electron chi connectivity index (χ2n) is 5.95. The molecule has 1 aliphatic carbocycles. The minimum atomic E-state index is -0.823. The van der Waals surface area contributed by atoms with Crippen molar-refractivity contribution in [1.82, 2.24) is 0 Å². The van der Waals surface area contributed by atoms with Gasteiger partial charge in [-0.05, 0) is 18.1 Å². The third kappa shape index (κ3) is 1.86. The smallest absolute Gasteiger partial charge is 0.203 e. The molecule has 4 rings (SSSR count). The van der Waals surface area contributed by atoms with Crippen LogP contribution < -0.4 is 0 Å². The molecular weight excluding hydrogens is 276 g/mol. The van der Waals surface area contributed by atoms with Crippen LogP contribution in [0.2, 0.25) is 0 Å². The largest absolute Gasteiger partial charge is 0.343 e. The molecule has 2 aromatic carbocycles. The normalized spacial score (nSPS) is 22.8. The SMILES string of the molecule is Cc1ccccc1[C@H]1CC(=O)c2ccccc2C12OCCO2. The first-order valence-electron chi connectivity index (χ1n) is 7.68. The average molecular weight is 294 g/mol. The van der Waals surface area contributed by atoms with Crippen LogP contribution in [0.4, 0.5) is 0 Å². The summed E-state index contributed by atoms with van der Waals surface area (Å²) in [6.45, 7) is 3.19. The minimum absolute atomic E-state index is 0.0985. The summed E-state index contributed by atoms with van der Waals surface area (Å²) < 4.78 is 12.2. The third-order valence-corrected chi connectivity index (χ3v) is 4.73. The summed E-state index contributed by atoms with van der Waals surface area (Å²) in [4.78, 5) is 12.6. The van der Waals surface area contributed by atoms with Crippen molar-refractivity contribution in [3.05, 3.63) is 70.8 Å². The molecule has 1 heterocycles. The molecule has 3 heteroatoms. The Hall–Kier alpha value is -1.97. The van der Waals surface area contributed by atoms with Crippen LogP contribution >= 0.6 is 0 Å².